The third kappa shape index (κ3) is 4.10. The number of aromatic amines is 1. The van der Waals surface area contributed by atoms with Crippen LogP contribution in [0.1, 0.15) is 15.9 Å². The summed E-state index contributed by atoms with van der Waals surface area (Å²) in [6.45, 7) is 0. The molecule has 0 fully saturated rings. The van der Waals surface area contributed by atoms with Crippen molar-refractivity contribution < 1.29 is 24.4 Å². The first-order valence-electron chi connectivity index (χ1n) is 7.94. The van der Waals surface area contributed by atoms with Gasteiger partial charge in [0.1, 0.15) is 17.1 Å². The lowest BCUT2D eigenvalue weighted by Crippen LogP contribution is -2.32. The lowest BCUT2D eigenvalue weighted by atomic mass is 10.1. The number of aliphatic carboxylic acids is 1. The lowest BCUT2D eigenvalue weighted by Gasteiger charge is -2.04. The van der Waals surface area contributed by atoms with Gasteiger partial charge in [0.05, 0.1) is 5.56 Å². The van der Waals surface area contributed by atoms with Crippen LogP contribution in [0.3, 0.4) is 0 Å². The number of nitrogens with two attached hydrogens (primary N) is 1. The molecule has 0 amide bonds. The molecule has 9 heteroatoms. The minimum Gasteiger partial charge on any atom is -0.480 e. The van der Waals surface area contributed by atoms with E-state index in [0.29, 0.717) is 17.5 Å². The molecule has 138 valence electrons. The van der Waals surface area contributed by atoms with E-state index in [2.05, 4.69) is 19.9 Å². The van der Waals surface area contributed by atoms with Crippen molar-refractivity contribution in [1.29, 1.82) is 0 Å². The first kappa shape index (κ1) is 18.1. The number of hydrogen-bond acceptors (Lipinski definition) is 6. The van der Waals surface area contributed by atoms with E-state index in [4.69, 9.17) is 15.9 Å². The zero-order chi connectivity index (χ0) is 19.4. The fourth-order valence-corrected chi connectivity index (χ4v) is 2.54. The predicted molar refractivity (Wildman–Crippen MR) is 96.4 cm³/mol. The summed E-state index contributed by atoms with van der Waals surface area (Å²) in [6, 6.07) is 11.3. The van der Waals surface area contributed by atoms with Gasteiger partial charge in [0, 0.05) is 23.5 Å². The summed E-state index contributed by atoms with van der Waals surface area (Å²) in [4.78, 5) is 24.2. The molecule has 0 saturated carbocycles. The number of hydrogen-bond donors (Lipinski definition) is 4. The second-order valence-corrected chi connectivity index (χ2v) is 5.78. The number of H-pyrrole nitrogens is 1. The van der Waals surface area contributed by atoms with Crippen LogP contribution in [-0.2, 0) is 11.2 Å². The number of carboxylic acid groups (broad SMARTS) is 2. The van der Waals surface area contributed by atoms with Gasteiger partial charge in [-0.1, -0.05) is 18.2 Å². The van der Waals surface area contributed by atoms with Crippen molar-refractivity contribution in [3.8, 4) is 0 Å². The SMILES string of the molecule is NC(Cc1c[nH]c2ccccc12)C(=O)O.O=C(O)c1ccc2nonc2c1. The molecule has 4 aromatic rings. The molecule has 5 N–H and O–H groups in total. The van der Waals surface area contributed by atoms with Gasteiger partial charge in [0.2, 0.25) is 0 Å². The molecule has 0 radical (unpaired) electrons. The van der Waals surface area contributed by atoms with E-state index in [-0.39, 0.29) is 5.56 Å². The smallest absolute Gasteiger partial charge is 0.335 e. The number of para-hydroxylation sites is 1. The molecule has 0 aliphatic rings. The monoisotopic (exact) mass is 368 g/mol. The van der Waals surface area contributed by atoms with Crippen molar-refractivity contribution in [2.24, 2.45) is 5.73 Å². The fraction of sp³-hybridized carbons (Fsp3) is 0.111. The van der Waals surface area contributed by atoms with Gasteiger partial charge < -0.3 is 20.9 Å². The Hall–Kier alpha value is -3.72. The van der Waals surface area contributed by atoms with E-state index in [9.17, 15) is 9.59 Å². The van der Waals surface area contributed by atoms with Gasteiger partial charge in [-0.3, -0.25) is 4.79 Å². The summed E-state index contributed by atoms with van der Waals surface area (Å²) in [5.41, 5.74) is 8.62. The molecule has 4 rings (SSSR count). The average molecular weight is 368 g/mol. The normalized spacial score (nSPS) is 11.7. The second-order valence-electron chi connectivity index (χ2n) is 5.78. The average Bonchev–Trinajstić information content (AvgIpc) is 3.28. The Kier molecular flexibility index (Phi) is 5.13. The molecular weight excluding hydrogens is 352 g/mol. The first-order chi connectivity index (χ1) is 13.0. The molecule has 0 aliphatic heterocycles. The number of fused-ring (bicyclic) bond motifs is 2. The summed E-state index contributed by atoms with van der Waals surface area (Å²) in [5.74, 6) is -1.96. The van der Waals surface area contributed by atoms with Gasteiger partial charge in [-0.05, 0) is 40.1 Å². The van der Waals surface area contributed by atoms with Crippen LogP contribution in [0.4, 0.5) is 0 Å². The molecule has 1 atom stereocenters. The number of aromatic carboxylic acids is 1. The Morgan fingerprint density at radius 3 is 2.59 bits per heavy atom. The molecule has 0 aliphatic carbocycles. The van der Waals surface area contributed by atoms with Gasteiger partial charge in [-0.25, -0.2) is 9.42 Å². The van der Waals surface area contributed by atoms with E-state index < -0.39 is 18.0 Å². The van der Waals surface area contributed by atoms with Crippen LogP contribution >= 0.6 is 0 Å². The van der Waals surface area contributed by atoms with Crippen molar-refractivity contribution >= 4 is 33.9 Å². The van der Waals surface area contributed by atoms with Crippen LogP contribution in [0.5, 0.6) is 0 Å². The highest BCUT2D eigenvalue weighted by Crippen LogP contribution is 2.18. The number of carboxylic acids is 2. The van der Waals surface area contributed by atoms with Gasteiger partial charge in [0.25, 0.3) is 0 Å². The minimum atomic E-state index is -0.986. The number of rotatable bonds is 4. The van der Waals surface area contributed by atoms with E-state index >= 15 is 0 Å². The molecular formula is C18H16N4O5. The zero-order valence-electron chi connectivity index (χ0n) is 14.0. The molecule has 0 spiro atoms. The molecule has 1 unspecified atom stereocenters. The Morgan fingerprint density at radius 2 is 1.85 bits per heavy atom. The van der Waals surface area contributed by atoms with Crippen molar-refractivity contribution in [3.05, 3.63) is 59.8 Å². The fourth-order valence-electron chi connectivity index (χ4n) is 2.54. The molecule has 0 bridgehead atoms. The summed E-state index contributed by atoms with van der Waals surface area (Å²) in [6.07, 6.45) is 2.16. The number of nitrogens with zero attached hydrogens (tertiary/aromatic N) is 2. The molecule has 27 heavy (non-hydrogen) atoms. The second kappa shape index (κ2) is 7.67. The third-order valence-corrected chi connectivity index (χ3v) is 3.93. The third-order valence-electron chi connectivity index (χ3n) is 3.93. The minimum absolute atomic E-state index is 0.179. The van der Waals surface area contributed by atoms with Crippen LogP contribution < -0.4 is 5.73 Å². The van der Waals surface area contributed by atoms with Gasteiger partial charge in [-0.2, -0.15) is 0 Å². The molecule has 2 heterocycles. The quantitative estimate of drug-likeness (QED) is 0.426. The summed E-state index contributed by atoms with van der Waals surface area (Å²) >= 11 is 0. The Balaban J connectivity index is 0.000000159. The van der Waals surface area contributed by atoms with Crippen molar-refractivity contribution in [2.75, 3.05) is 0 Å². The Bertz CT molecular complexity index is 1100. The van der Waals surface area contributed by atoms with Crippen molar-refractivity contribution in [1.82, 2.24) is 15.3 Å². The van der Waals surface area contributed by atoms with Crippen LogP contribution in [0.2, 0.25) is 0 Å². The maximum absolute atomic E-state index is 10.6. The summed E-state index contributed by atoms with van der Waals surface area (Å²) in [7, 11) is 0. The summed E-state index contributed by atoms with van der Waals surface area (Å²) < 4.78 is 4.41. The first-order valence-corrected chi connectivity index (χ1v) is 7.94. The predicted octanol–water partition coefficient (Wildman–Crippen LogP) is 2.04. The lowest BCUT2D eigenvalue weighted by molar-refractivity contribution is -0.138. The van der Waals surface area contributed by atoms with Crippen LogP contribution in [0, 0.1) is 0 Å². The molecule has 2 aromatic heterocycles. The number of carbonyl (C=O) groups is 2. The maximum atomic E-state index is 10.6. The molecule has 0 saturated heterocycles. The molecule has 2 aromatic carbocycles. The topological polar surface area (TPSA) is 155 Å². The Labute approximate surface area is 152 Å². The largest absolute Gasteiger partial charge is 0.480 e. The summed E-state index contributed by atoms with van der Waals surface area (Å²) in [5, 5.41) is 25.4. The van der Waals surface area contributed by atoms with E-state index in [1.165, 1.54) is 12.1 Å². The number of aromatic nitrogens is 3. The zero-order valence-corrected chi connectivity index (χ0v) is 14.0. The van der Waals surface area contributed by atoms with E-state index in [1.807, 2.05) is 30.5 Å². The maximum Gasteiger partial charge on any atom is 0.335 e. The van der Waals surface area contributed by atoms with Crippen molar-refractivity contribution in [2.45, 2.75) is 12.5 Å². The highest BCUT2D eigenvalue weighted by molar-refractivity contribution is 5.91. The van der Waals surface area contributed by atoms with E-state index in [0.717, 1.165) is 16.5 Å². The van der Waals surface area contributed by atoms with Gasteiger partial charge in [-0.15, -0.1) is 0 Å². The van der Waals surface area contributed by atoms with Gasteiger partial charge >= 0.3 is 11.9 Å². The van der Waals surface area contributed by atoms with Crippen molar-refractivity contribution in [3.63, 3.8) is 0 Å². The Morgan fingerprint density at radius 1 is 1.11 bits per heavy atom. The highest BCUT2D eigenvalue weighted by Gasteiger charge is 2.14. The van der Waals surface area contributed by atoms with Crippen LogP contribution in [0.25, 0.3) is 21.9 Å². The molecule has 9 nitrogen and oxygen atoms in total. The number of nitrogens with one attached hydrogen (secondary N) is 1. The van der Waals surface area contributed by atoms with E-state index in [1.54, 1.807) is 6.07 Å². The highest BCUT2D eigenvalue weighted by atomic mass is 16.6. The number of benzene rings is 2. The van der Waals surface area contributed by atoms with Crippen LogP contribution in [0.15, 0.2) is 53.3 Å². The van der Waals surface area contributed by atoms with Crippen LogP contribution in [-0.4, -0.2) is 43.5 Å². The standard InChI is InChI=1S/C11H12N2O2.C7H4N2O3/c12-9(11(14)15)5-7-6-13-10-4-2-1-3-8(7)10;10-7(11)4-1-2-5-6(3-4)9-12-8-5/h1-4,6,9,13H,5,12H2,(H,14,15);1-3H,(H,10,11). The van der Waals surface area contributed by atoms with Gasteiger partial charge in [0.15, 0.2) is 0 Å².